The molecule has 3 rings (SSSR count). The van der Waals surface area contributed by atoms with E-state index in [2.05, 4.69) is 11.4 Å². The number of anilines is 1. The first-order valence-corrected chi connectivity index (χ1v) is 7.22. The summed E-state index contributed by atoms with van der Waals surface area (Å²) in [6.07, 6.45) is 0. The molecule has 1 unspecified atom stereocenters. The molecule has 4 heteroatoms. The van der Waals surface area contributed by atoms with Crippen molar-refractivity contribution in [2.24, 2.45) is 0 Å². The molecule has 0 aromatic heterocycles. The van der Waals surface area contributed by atoms with Crippen molar-refractivity contribution in [3.63, 3.8) is 0 Å². The average molecular weight is 292 g/mol. The second-order valence-electron chi connectivity index (χ2n) is 4.03. The molecule has 90 valence electrons. The third-order valence-corrected chi connectivity index (χ3v) is 4.89. The van der Waals surface area contributed by atoms with Crippen LogP contribution in [-0.2, 0) is 0 Å². The average Bonchev–Trinajstić information content (AvgIpc) is 2.39. The van der Waals surface area contributed by atoms with Gasteiger partial charge >= 0.3 is 0 Å². The fourth-order valence-corrected chi connectivity index (χ4v) is 3.54. The van der Waals surface area contributed by atoms with E-state index in [0.29, 0.717) is 0 Å². The molecule has 1 nitrogen and oxygen atoms in total. The number of rotatable bonds is 1. The molecule has 0 amide bonds. The molecule has 1 aliphatic heterocycles. The standard InChI is InChI=1S/C14H10ClNS2/c15-10-7-5-9(6-8-10)13-14(17)16-11-3-1-2-4-12(11)18-13/h1-8,13H,(H,16,17). The number of fused-ring (bicyclic) bond motifs is 1. The zero-order valence-corrected chi connectivity index (χ0v) is 11.8. The first-order valence-electron chi connectivity index (χ1n) is 5.56. The number of thiocarbonyl (C=S) groups is 1. The van der Waals surface area contributed by atoms with Crippen molar-refractivity contribution in [2.75, 3.05) is 5.32 Å². The highest BCUT2D eigenvalue weighted by Crippen LogP contribution is 2.44. The quantitative estimate of drug-likeness (QED) is 0.749. The van der Waals surface area contributed by atoms with Crippen molar-refractivity contribution in [2.45, 2.75) is 10.1 Å². The lowest BCUT2D eigenvalue weighted by atomic mass is 10.1. The van der Waals surface area contributed by atoms with Crippen molar-refractivity contribution in [1.82, 2.24) is 0 Å². The summed E-state index contributed by atoms with van der Waals surface area (Å²) in [5.74, 6) is 0. The lowest BCUT2D eigenvalue weighted by Gasteiger charge is -2.26. The first kappa shape index (κ1) is 12.0. The van der Waals surface area contributed by atoms with Gasteiger partial charge in [0, 0.05) is 9.92 Å². The fourth-order valence-electron chi connectivity index (χ4n) is 1.91. The third-order valence-electron chi connectivity index (χ3n) is 2.80. The van der Waals surface area contributed by atoms with E-state index in [9.17, 15) is 0 Å². The molecule has 1 N–H and O–H groups in total. The SMILES string of the molecule is S=C1Nc2ccccc2SC1c1ccc(Cl)cc1. The van der Waals surface area contributed by atoms with Gasteiger partial charge in [-0.2, -0.15) is 0 Å². The maximum Gasteiger partial charge on any atom is 0.0978 e. The summed E-state index contributed by atoms with van der Waals surface area (Å²) in [6.45, 7) is 0. The monoisotopic (exact) mass is 291 g/mol. The Kier molecular flexibility index (Phi) is 3.29. The molecule has 0 saturated heterocycles. The maximum atomic E-state index is 5.91. The van der Waals surface area contributed by atoms with Crippen LogP contribution in [-0.4, -0.2) is 4.99 Å². The molecule has 2 aromatic rings. The Balaban J connectivity index is 1.95. The molecule has 1 atom stereocenters. The van der Waals surface area contributed by atoms with Crippen molar-refractivity contribution < 1.29 is 0 Å². The van der Waals surface area contributed by atoms with Crippen molar-refractivity contribution in [3.05, 3.63) is 59.1 Å². The van der Waals surface area contributed by atoms with Gasteiger partial charge in [-0.1, -0.05) is 48.1 Å². The van der Waals surface area contributed by atoms with Gasteiger partial charge in [0.25, 0.3) is 0 Å². The van der Waals surface area contributed by atoms with Crippen molar-refractivity contribution >= 4 is 46.3 Å². The number of hydrogen-bond acceptors (Lipinski definition) is 2. The van der Waals surface area contributed by atoms with Crippen LogP contribution in [0.4, 0.5) is 5.69 Å². The minimum Gasteiger partial charge on any atom is -0.348 e. The van der Waals surface area contributed by atoms with E-state index in [4.69, 9.17) is 23.8 Å². The van der Waals surface area contributed by atoms with Crippen LogP contribution < -0.4 is 5.32 Å². The maximum absolute atomic E-state index is 5.91. The number of hydrogen-bond donors (Lipinski definition) is 1. The fraction of sp³-hybridized carbons (Fsp3) is 0.0714. The molecule has 0 spiro atoms. The summed E-state index contributed by atoms with van der Waals surface area (Å²) in [6, 6.07) is 16.1. The van der Waals surface area contributed by atoms with Crippen LogP contribution in [0.2, 0.25) is 5.02 Å². The summed E-state index contributed by atoms with van der Waals surface area (Å²) in [4.78, 5) is 2.08. The number of para-hydroxylation sites is 1. The molecule has 1 aliphatic rings. The summed E-state index contributed by atoms with van der Waals surface area (Å²) in [5.41, 5.74) is 2.27. The van der Waals surface area contributed by atoms with E-state index < -0.39 is 0 Å². The van der Waals surface area contributed by atoms with Crippen molar-refractivity contribution in [3.8, 4) is 0 Å². The minimum absolute atomic E-state index is 0.159. The van der Waals surface area contributed by atoms with Crippen LogP contribution in [0.25, 0.3) is 0 Å². The predicted octanol–water partition coefficient (Wildman–Crippen LogP) is 4.93. The van der Waals surface area contributed by atoms with Crippen LogP contribution >= 0.6 is 35.6 Å². The summed E-state index contributed by atoms with van der Waals surface area (Å²) in [5, 5.41) is 4.21. The Morgan fingerprint density at radius 1 is 1.06 bits per heavy atom. The zero-order chi connectivity index (χ0) is 12.5. The summed E-state index contributed by atoms with van der Waals surface area (Å²) >= 11 is 13.1. The Morgan fingerprint density at radius 3 is 2.56 bits per heavy atom. The van der Waals surface area contributed by atoms with Gasteiger partial charge in [0.1, 0.15) is 0 Å². The van der Waals surface area contributed by atoms with Gasteiger partial charge in [0.15, 0.2) is 0 Å². The number of halogens is 1. The molecule has 2 aromatic carbocycles. The van der Waals surface area contributed by atoms with E-state index in [1.807, 2.05) is 42.5 Å². The van der Waals surface area contributed by atoms with Crippen LogP contribution in [0.5, 0.6) is 0 Å². The Morgan fingerprint density at radius 2 is 1.78 bits per heavy atom. The Labute approximate surface area is 121 Å². The van der Waals surface area contributed by atoms with Crippen LogP contribution in [0.1, 0.15) is 10.8 Å². The van der Waals surface area contributed by atoms with Gasteiger partial charge in [0.05, 0.1) is 15.9 Å². The highest BCUT2D eigenvalue weighted by Gasteiger charge is 2.24. The third kappa shape index (κ3) is 2.26. The molecule has 1 heterocycles. The lowest BCUT2D eigenvalue weighted by molar-refractivity contribution is 1.26. The van der Waals surface area contributed by atoms with Crippen LogP contribution in [0.3, 0.4) is 0 Å². The van der Waals surface area contributed by atoms with Gasteiger partial charge in [0.2, 0.25) is 0 Å². The lowest BCUT2D eigenvalue weighted by Crippen LogP contribution is -2.21. The van der Waals surface area contributed by atoms with Crippen LogP contribution in [0, 0.1) is 0 Å². The first-order chi connectivity index (χ1) is 8.74. The Hall–Kier alpha value is -1.03. The van der Waals surface area contributed by atoms with Crippen LogP contribution in [0.15, 0.2) is 53.4 Å². The van der Waals surface area contributed by atoms with E-state index in [-0.39, 0.29) is 5.25 Å². The number of thioether (sulfide) groups is 1. The molecule has 0 aliphatic carbocycles. The predicted molar refractivity (Wildman–Crippen MR) is 82.7 cm³/mol. The normalized spacial score (nSPS) is 18.1. The largest absolute Gasteiger partial charge is 0.348 e. The summed E-state index contributed by atoms with van der Waals surface area (Å²) in [7, 11) is 0. The van der Waals surface area contributed by atoms with E-state index in [0.717, 1.165) is 15.7 Å². The minimum atomic E-state index is 0.159. The van der Waals surface area contributed by atoms with Gasteiger partial charge in [-0.25, -0.2) is 0 Å². The van der Waals surface area contributed by atoms with Gasteiger partial charge in [-0.3, -0.25) is 0 Å². The van der Waals surface area contributed by atoms with Gasteiger partial charge in [-0.15, -0.1) is 11.8 Å². The number of nitrogens with one attached hydrogen (secondary N) is 1. The van der Waals surface area contributed by atoms with E-state index in [1.165, 1.54) is 10.5 Å². The second kappa shape index (κ2) is 4.92. The smallest absolute Gasteiger partial charge is 0.0978 e. The molecule has 0 saturated carbocycles. The van der Waals surface area contributed by atoms with Gasteiger partial charge < -0.3 is 5.32 Å². The van der Waals surface area contributed by atoms with Gasteiger partial charge in [-0.05, 0) is 29.8 Å². The van der Waals surface area contributed by atoms with E-state index in [1.54, 1.807) is 11.8 Å². The molecule has 0 radical (unpaired) electrons. The molecule has 18 heavy (non-hydrogen) atoms. The topological polar surface area (TPSA) is 12.0 Å². The molecular formula is C14H10ClNS2. The summed E-state index contributed by atoms with van der Waals surface area (Å²) < 4.78 is 0. The van der Waals surface area contributed by atoms with Crippen molar-refractivity contribution in [1.29, 1.82) is 0 Å². The highest BCUT2D eigenvalue weighted by molar-refractivity contribution is 8.01. The highest BCUT2D eigenvalue weighted by atomic mass is 35.5. The molecule has 0 bridgehead atoms. The number of benzene rings is 2. The molecular weight excluding hydrogens is 282 g/mol. The zero-order valence-electron chi connectivity index (χ0n) is 9.39. The Bertz CT molecular complexity index is 595. The molecule has 0 fully saturated rings. The van der Waals surface area contributed by atoms with E-state index >= 15 is 0 Å². The second-order valence-corrected chi connectivity index (χ2v) is 6.06.